The molecule has 1 rings (SSSR count). The number of ether oxygens (including phenoxy) is 1. The minimum Gasteiger partial charge on any atom is -0.468 e. The SMILES string of the molecule is CCCN(CC(=O)OC)S(=O)(=O)c1ccc(C)c(C(F)(F)F)c1. The summed E-state index contributed by atoms with van der Waals surface area (Å²) in [5.41, 5.74) is -1.10. The summed E-state index contributed by atoms with van der Waals surface area (Å²) in [6.07, 6.45) is -4.26. The highest BCUT2D eigenvalue weighted by atomic mass is 32.2. The van der Waals surface area contributed by atoms with Gasteiger partial charge >= 0.3 is 12.1 Å². The zero-order valence-corrected chi connectivity index (χ0v) is 13.8. The molecular formula is C14H18F3NO4S. The number of hydrogen-bond donors (Lipinski definition) is 0. The second-order valence-electron chi connectivity index (χ2n) is 4.89. The van der Waals surface area contributed by atoms with E-state index in [-0.39, 0.29) is 12.1 Å². The number of methoxy groups -OCH3 is 1. The van der Waals surface area contributed by atoms with E-state index in [1.165, 1.54) is 6.92 Å². The molecule has 1 aromatic rings. The first kappa shape index (κ1) is 19.4. The summed E-state index contributed by atoms with van der Waals surface area (Å²) in [6, 6.07) is 2.78. The van der Waals surface area contributed by atoms with Crippen LogP contribution in [0, 0.1) is 6.92 Å². The Labute approximate surface area is 133 Å². The van der Waals surface area contributed by atoms with E-state index in [0.717, 1.165) is 23.5 Å². The lowest BCUT2D eigenvalue weighted by Crippen LogP contribution is -2.37. The number of benzene rings is 1. The van der Waals surface area contributed by atoms with Crippen molar-refractivity contribution in [1.29, 1.82) is 0 Å². The van der Waals surface area contributed by atoms with Gasteiger partial charge in [0.2, 0.25) is 10.0 Å². The van der Waals surface area contributed by atoms with Crippen LogP contribution in [0.25, 0.3) is 0 Å². The molecule has 9 heteroatoms. The van der Waals surface area contributed by atoms with E-state index in [1.807, 2.05) is 0 Å². The van der Waals surface area contributed by atoms with Crippen molar-refractivity contribution in [3.8, 4) is 0 Å². The Balaban J connectivity index is 3.32. The molecule has 0 saturated heterocycles. The van der Waals surface area contributed by atoms with Crippen LogP contribution in [0.5, 0.6) is 0 Å². The third-order valence-corrected chi connectivity index (χ3v) is 5.00. The predicted molar refractivity (Wildman–Crippen MR) is 77.2 cm³/mol. The molecule has 0 atom stereocenters. The lowest BCUT2D eigenvalue weighted by atomic mass is 10.1. The fraction of sp³-hybridized carbons (Fsp3) is 0.500. The normalized spacial score (nSPS) is 12.5. The van der Waals surface area contributed by atoms with Crippen molar-refractivity contribution in [2.24, 2.45) is 0 Å². The molecule has 0 amide bonds. The number of aryl methyl sites for hydroxylation is 1. The molecule has 0 N–H and O–H groups in total. The van der Waals surface area contributed by atoms with Gasteiger partial charge in [0, 0.05) is 6.54 Å². The summed E-state index contributed by atoms with van der Waals surface area (Å²) in [4.78, 5) is 10.8. The molecule has 0 saturated carbocycles. The quantitative estimate of drug-likeness (QED) is 0.738. The van der Waals surface area contributed by atoms with E-state index < -0.39 is 39.2 Å². The zero-order valence-electron chi connectivity index (χ0n) is 13.0. The van der Waals surface area contributed by atoms with Crippen LogP contribution in [0.15, 0.2) is 23.1 Å². The molecule has 0 radical (unpaired) electrons. The average Bonchev–Trinajstić information content (AvgIpc) is 2.45. The Morgan fingerprint density at radius 1 is 1.30 bits per heavy atom. The zero-order chi connectivity index (χ0) is 17.8. The van der Waals surface area contributed by atoms with Crippen LogP contribution in [-0.2, 0) is 25.7 Å². The van der Waals surface area contributed by atoms with Gasteiger partial charge in [0.15, 0.2) is 0 Å². The Morgan fingerprint density at radius 2 is 1.91 bits per heavy atom. The summed E-state index contributed by atoms with van der Waals surface area (Å²) < 4.78 is 69.1. The molecular weight excluding hydrogens is 335 g/mol. The number of rotatable bonds is 6. The monoisotopic (exact) mass is 353 g/mol. The third kappa shape index (κ3) is 4.68. The summed E-state index contributed by atoms with van der Waals surface area (Å²) in [6.45, 7) is 2.38. The molecule has 5 nitrogen and oxygen atoms in total. The van der Waals surface area contributed by atoms with Crippen molar-refractivity contribution in [2.45, 2.75) is 31.3 Å². The number of esters is 1. The molecule has 0 fully saturated rings. The minimum absolute atomic E-state index is 0.00728. The van der Waals surface area contributed by atoms with Crippen molar-refractivity contribution < 1.29 is 31.1 Å². The first-order valence-electron chi connectivity index (χ1n) is 6.78. The summed E-state index contributed by atoms with van der Waals surface area (Å²) in [7, 11) is -3.13. The van der Waals surface area contributed by atoms with Crippen LogP contribution in [0.1, 0.15) is 24.5 Å². The molecule has 0 spiro atoms. The van der Waals surface area contributed by atoms with E-state index in [1.54, 1.807) is 6.92 Å². The van der Waals surface area contributed by atoms with Gasteiger partial charge in [-0.2, -0.15) is 17.5 Å². The summed E-state index contributed by atoms with van der Waals surface area (Å²) >= 11 is 0. The van der Waals surface area contributed by atoms with Gasteiger partial charge in [-0.25, -0.2) is 8.42 Å². The van der Waals surface area contributed by atoms with Crippen molar-refractivity contribution >= 4 is 16.0 Å². The van der Waals surface area contributed by atoms with Gasteiger partial charge in [-0.1, -0.05) is 13.0 Å². The van der Waals surface area contributed by atoms with Crippen molar-refractivity contribution in [2.75, 3.05) is 20.2 Å². The molecule has 0 aliphatic carbocycles. The lowest BCUT2D eigenvalue weighted by Gasteiger charge is -2.21. The fourth-order valence-electron chi connectivity index (χ4n) is 1.96. The van der Waals surface area contributed by atoms with E-state index in [0.29, 0.717) is 12.5 Å². The highest BCUT2D eigenvalue weighted by Gasteiger charge is 2.35. The first-order chi connectivity index (χ1) is 10.5. The van der Waals surface area contributed by atoms with Crippen molar-refractivity contribution in [1.82, 2.24) is 4.31 Å². The molecule has 0 aromatic heterocycles. The van der Waals surface area contributed by atoms with Crippen molar-refractivity contribution in [3.63, 3.8) is 0 Å². The van der Waals surface area contributed by atoms with E-state index in [2.05, 4.69) is 4.74 Å². The van der Waals surface area contributed by atoms with E-state index in [9.17, 15) is 26.4 Å². The number of carbonyl (C=O) groups excluding carboxylic acids is 1. The maximum atomic E-state index is 12.9. The number of alkyl halides is 3. The highest BCUT2D eigenvalue weighted by molar-refractivity contribution is 7.89. The number of nitrogens with zero attached hydrogens (tertiary/aromatic N) is 1. The molecule has 130 valence electrons. The van der Waals surface area contributed by atoms with E-state index in [4.69, 9.17) is 0 Å². The number of sulfonamides is 1. The maximum Gasteiger partial charge on any atom is 0.416 e. The number of hydrogen-bond acceptors (Lipinski definition) is 4. The van der Waals surface area contributed by atoms with Gasteiger partial charge in [0.05, 0.1) is 17.6 Å². The Bertz CT molecular complexity index is 671. The highest BCUT2D eigenvalue weighted by Crippen LogP contribution is 2.33. The fourth-order valence-corrected chi connectivity index (χ4v) is 3.46. The largest absolute Gasteiger partial charge is 0.468 e. The van der Waals surface area contributed by atoms with Gasteiger partial charge < -0.3 is 4.74 Å². The molecule has 1 aromatic carbocycles. The minimum atomic E-state index is -4.66. The van der Waals surface area contributed by atoms with Gasteiger partial charge in [-0.05, 0) is 31.0 Å². The average molecular weight is 353 g/mol. The second-order valence-corrected chi connectivity index (χ2v) is 6.83. The second kappa shape index (κ2) is 7.31. The Morgan fingerprint density at radius 3 is 2.39 bits per heavy atom. The molecule has 0 aliphatic heterocycles. The summed E-state index contributed by atoms with van der Waals surface area (Å²) in [5, 5.41) is 0. The van der Waals surface area contributed by atoms with Gasteiger partial charge in [-0.15, -0.1) is 0 Å². The van der Waals surface area contributed by atoms with Gasteiger partial charge in [0.1, 0.15) is 6.54 Å². The molecule has 0 heterocycles. The smallest absolute Gasteiger partial charge is 0.416 e. The van der Waals surface area contributed by atoms with Crippen LogP contribution in [0.4, 0.5) is 13.2 Å². The van der Waals surface area contributed by atoms with Crippen molar-refractivity contribution in [3.05, 3.63) is 29.3 Å². The number of carbonyl (C=O) groups is 1. The predicted octanol–water partition coefficient (Wildman–Crippen LogP) is 2.59. The molecule has 0 bridgehead atoms. The molecule has 0 unspecified atom stereocenters. The first-order valence-corrected chi connectivity index (χ1v) is 8.22. The standard InChI is InChI=1S/C14H18F3NO4S/c1-4-7-18(9-13(19)22-3)23(20,21)11-6-5-10(2)12(8-11)14(15,16)17/h5-6,8H,4,7,9H2,1-3H3. The maximum absolute atomic E-state index is 12.9. The van der Waals surface area contributed by atoms with Gasteiger partial charge in [0.25, 0.3) is 0 Å². The molecule has 0 aliphatic rings. The van der Waals surface area contributed by atoms with E-state index >= 15 is 0 Å². The van der Waals surface area contributed by atoms with Crippen LogP contribution in [0.2, 0.25) is 0 Å². The molecule has 23 heavy (non-hydrogen) atoms. The third-order valence-electron chi connectivity index (χ3n) is 3.16. The Hall–Kier alpha value is -1.61. The van der Waals surface area contributed by atoms with Gasteiger partial charge in [-0.3, -0.25) is 4.79 Å². The van der Waals surface area contributed by atoms with Crippen LogP contribution in [0.3, 0.4) is 0 Å². The van der Waals surface area contributed by atoms with Crippen LogP contribution in [-0.4, -0.2) is 38.9 Å². The summed E-state index contributed by atoms with van der Waals surface area (Å²) in [5.74, 6) is -0.787. The van der Waals surface area contributed by atoms with Crippen LogP contribution < -0.4 is 0 Å². The Kier molecular flexibility index (Phi) is 6.18. The van der Waals surface area contributed by atoms with Crippen LogP contribution >= 0.6 is 0 Å². The topological polar surface area (TPSA) is 63.7 Å². The lowest BCUT2D eigenvalue weighted by molar-refractivity contribution is -0.141. The number of halogens is 3.